The maximum absolute atomic E-state index is 5.46. The van der Waals surface area contributed by atoms with Gasteiger partial charge in [-0.1, -0.05) is 36.8 Å². The van der Waals surface area contributed by atoms with Crippen LogP contribution in [0.25, 0.3) is 0 Å². The summed E-state index contributed by atoms with van der Waals surface area (Å²) in [6, 6.07) is 18.6. The van der Waals surface area contributed by atoms with Gasteiger partial charge in [-0.15, -0.1) is 12.6 Å². The van der Waals surface area contributed by atoms with Crippen LogP contribution in [0.5, 0.6) is 0 Å². The lowest BCUT2D eigenvalue weighted by Crippen LogP contribution is -2.08. The van der Waals surface area contributed by atoms with Gasteiger partial charge >= 0.3 is 0 Å². The van der Waals surface area contributed by atoms with Gasteiger partial charge < -0.3 is 16.4 Å². The van der Waals surface area contributed by atoms with Gasteiger partial charge in [0.05, 0.1) is 0 Å². The van der Waals surface area contributed by atoms with Crippen LogP contribution < -0.4 is 16.4 Å². The molecule has 2 aromatic carbocycles. The van der Waals surface area contributed by atoms with Crippen LogP contribution in [-0.4, -0.2) is 27.7 Å². The molecule has 4 heteroatoms. The first-order valence-electron chi connectivity index (χ1n) is 8.41. The number of hydrogen-bond acceptors (Lipinski definition) is 4. The Labute approximate surface area is 153 Å². The summed E-state index contributed by atoms with van der Waals surface area (Å²) in [6.45, 7) is 0.819. The average molecular weight is 348 g/mol. The Morgan fingerprint density at radius 3 is 1.83 bits per heavy atom. The molecule has 0 heterocycles. The Morgan fingerprint density at radius 2 is 1.42 bits per heavy atom. The number of benzene rings is 2. The maximum Gasteiger partial charge on any atom is 0.0361 e. The highest BCUT2D eigenvalue weighted by Crippen LogP contribution is 2.14. The summed E-state index contributed by atoms with van der Waals surface area (Å²) in [6.07, 6.45) is 4.81. The van der Waals surface area contributed by atoms with E-state index in [1.165, 1.54) is 37.6 Å². The lowest BCUT2D eigenvalue weighted by molar-refractivity contribution is 0.686. The van der Waals surface area contributed by atoms with Crippen molar-refractivity contribution in [2.24, 2.45) is 11.5 Å². The summed E-state index contributed by atoms with van der Waals surface area (Å²) in [5.74, 6) is 0. The molecule has 0 aliphatic carbocycles. The van der Waals surface area contributed by atoms with Gasteiger partial charge in [-0.25, -0.2) is 0 Å². The molecule has 0 aliphatic heterocycles. The minimum atomic E-state index is 0.819. The third kappa shape index (κ3) is 11.1. The standard InChI is InChI=1S/C13H22N2.C6H6S.CH5N/c1-15(2)13-9-7-12(8-10-13)6-4-3-5-11-14;7-6-4-2-1-3-5-6;1-2/h7-10H,3-6,11,14H2,1-2H3;1-5,7H;2H2,1H3. The predicted octanol–water partition coefficient (Wildman–Crippen LogP) is 3.97. The number of nitrogens with zero attached hydrogens (tertiary/aromatic N) is 1. The molecule has 0 aliphatic rings. The van der Waals surface area contributed by atoms with Crippen molar-refractivity contribution in [3.05, 3.63) is 60.2 Å². The molecule has 2 aromatic rings. The lowest BCUT2D eigenvalue weighted by Gasteiger charge is -2.12. The van der Waals surface area contributed by atoms with Gasteiger partial charge in [0, 0.05) is 24.7 Å². The van der Waals surface area contributed by atoms with Gasteiger partial charge in [0.2, 0.25) is 0 Å². The molecular formula is C20H33N3S. The fourth-order valence-electron chi connectivity index (χ4n) is 2.04. The predicted molar refractivity (Wildman–Crippen MR) is 111 cm³/mol. The number of aryl methyl sites for hydroxylation is 1. The fourth-order valence-corrected chi connectivity index (χ4v) is 2.21. The van der Waals surface area contributed by atoms with Crippen LogP contribution in [0.4, 0.5) is 5.69 Å². The zero-order valence-electron chi connectivity index (χ0n) is 15.3. The Kier molecular flexibility index (Phi) is 14.1. The van der Waals surface area contributed by atoms with Crippen molar-refractivity contribution in [1.82, 2.24) is 0 Å². The van der Waals surface area contributed by atoms with E-state index in [1.54, 1.807) is 0 Å². The van der Waals surface area contributed by atoms with Crippen molar-refractivity contribution in [2.45, 2.75) is 30.6 Å². The molecule has 0 amide bonds. The van der Waals surface area contributed by atoms with Crippen LogP contribution in [0, 0.1) is 0 Å². The molecular weight excluding hydrogens is 314 g/mol. The van der Waals surface area contributed by atoms with Crippen molar-refractivity contribution >= 4 is 18.3 Å². The minimum absolute atomic E-state index is 0.819. The van der Waals surface area contributed by atoms with E-state index in [2.05, 4.69) is 61.6 Å². The van der Waals surface area contributed by atoms with Gasteiger partial charge in [-0.2, -0.15) is 0 Å². The van der Waals surface area contributed by atoms with Crippen molar-refractivity contribution in [1.29, 1.82) is 0 Å². The minimum Gasteiger partial charge on any atom is -0.378 e. The topological polar surface area (TPSA) is 55.3 Å². The smallest absolute Gasteiger partial charge is 0.0361 e. The first kappa shape index (κ1) is 22.5. The molecule has 3 nitrogen and oxygen atoms in total. The van der Waals surface area contributed by atoms with Crippen LogP contribution in [-0.2, 0) is 6.42 Å². The quantitative estimate of drug-likeness (QED) is 0.547. The number of rotatable bonds is 6. The monoisotopic (exact) mass is 347 g/mol. The van der Waals surface area contributed by atoms with Gasteiger partial charge in [-0.05, 0) is 62.7 Å². The van der Waals surface area contributed by atoms with E-state index < -0.39 is 0 Å². The highest BCUT2D eigenvalue weighted by atomic mass is 32.1. The van der Waals surface area contributed by atoms with E-state index in [-0.39, 0.29) is 0 Å². The Morgan fingerprint density at radius 1 is 0.833 bits per heavy atom. The average Bonchev–Trinajstić information content (AvgIpc) is 2.62. The van der Waals surface area contributed by atoms with Crippen LogP contribution in [0.15, 0.2) is 59.5 Å². The summed E-state index contributed by atoms with van der Waals surface area (Å²) in [4.78, 5) is 3.14. The second-order valence-electron chi connectivity index (χ2n) is 5.50. The van der Waals surface area contributed by atoms with Crippen molar-refractivity contribution in [3.8, 4) is 0 Å². The largest absolute Gasteiger partial charge is 0.378 e. The molecule has 0 aromatic heterocycles. The molecule has 0 radical (unpaired) electrons. The first-order valence-corrected chi connectivity index (χ1v) is 8.86. The zero-order chi connectivity index (χ0) is 18.2. The summed E-state index contributed by atoms with van der Waals surface area (Å²) >= 11 is 4.08. The van der Waals surface area contributed by atoms with Crippen LogP contribution in [0.2, 0.25) is 0 Å². The molecule has 134 valence electrons. The summed E-state index contributed by atoms with van der Waals surface area (Å²) in [7, 11) is 5.63. The number of thiol groups is 1. The molecule has 0 fully saturated rings. The molecule has 2 rings (SSSR count). The normalized spacial score (nSPS) is 9.25. The second kappa shape index (κ2) is 15.1. The SMILES string of the molecule is CN.CN(C)c1ccc(CCCCCN)cc1.Sc1ccccc1. The van der Waals surface area contributed by atoms with E-state index >= 15 is 0 Å². The van der Waals surface area contributed by atoms with E-state index in [4.69, 9.17) is 5.73 Å². The van der Waals surface area contributed by atoms with E-state index in [1.807, 2.05) is 30.3 Å². The Balaban J connectivity index is 0.000000488. The lowest BCUT2D eigenvalue weighted by atomic mass is 10.1. The van der Waals surface area contributed by atoms with E-state index in [0.29, 0.717) is 0 Å². The van der Waals surface area contributed by atoms with Crippen LogP contribution >= 0.6 is 12.6 Å². The molecule has 0 saturated heterocycles. The fraction of sp³-hybridized carbons (Fsp3) is 0.400. The third-order valence-corrected chi connectivity index (χ3v) is 3.68. The van der Waals surface area contributed by atoms with E-state index in [0.717, 1.165) is 17.9 Å². The maximum atomic E-state index is 5.46. The number of unbranched alkanes of at least 4 members (excludes halogenated alkanes) is 2. The summed E-state index contributed by atoms with van der Waals surface area (Å²) < 4.78 is 0. The molecule has 0 unspecified atom stereocenters. The van der Waals surface area contributed by atoms with Gasteiger partial charge in [0.25, 0.3) is 0 Å². The van der Waals surface area contributed by atoms with Gasteiger partial charge in [-0.3, -0.25) is 0 Å². The van der Waals surface area contributed by atoms with Crippen LogP contribution in [0.1, 0.15) is 24.8 Å². The molecule has 0 bridgehead atoms. The number of hydrogen-bond donors (Lipinski definition) is 3. The summed E-state index contributed by atoms with van der Waals surface area (Å²) in [5.41, 5.74) is 12.6. The zero-order valence-corrected chi connectivity index (χ0v) is 16.2. The second-order valence-corrected chi connectivity index (χ2v) is 6.01. The first-order chi connectivity index (χ1) is 11.6. The molecule has 24 heavy (non-hydrogen) atoms. The molecule has 0 saturated carbocycles. The van der Waals surface area contributed by atoms with Crippen molar-refractivity contribution in [3.63, 3.8) is 0 Å². The highest BCUT2D eigenvalue weighted by molar-refractivity contribution is 7.80. The van der Waals surface area contributed by atoms with Crippen molar-refractivity contribution in [2.75, 3.05) is 32.6 Å². The Hall–Kier alpha value is -1.49. The number of nitrogens with two attached hydrogens (primary N) is 2. The molecule has 4 N–H and O–H groups in total. The van der Waals surface area contributed by atoms with E-state index in [9.17, 15) is 0 Å². The summed E-state index contributed by atoms with van der Waals surface area (Å²) in [5, 5.41) is 0. The molecule has 0 atom stereocenters. The van der Waals surface area contributed by atoms with Gasteiger partial charge in [0.1, 0.15) is 0 Å². The third-order valence-electron chi connectivity index (χ3n) is 3.38. The van der Waals surface area contributed by atoms with Gasteiger partial charge in [0.15, 0.2) is 0 Å². The number of anilines is 1. The highest BCUT2D eigenvalue weighted by Gasteiger charge is 1.96. The Bertz CT molecular complexity index is 498. The van der Waals surface area contributed by atoms with Crippen LogP contribution in [0.3, 0.4) is 0 Å². The molecule has 0 spiro atoms. The van der Waals surface area contributed by atoms with Crippen molar-refractivity contribution < 1.29 is 0 Å².